The molecule has 0 radical (unpaired) electrons. The third-order valence-electron chi connectivity index (χ3n) is 7.20. The number of likely N-dealkylation sites (tertiary alicyclic amines) is 2. The van der Waals surface area contributed by atoms with Gasteiger partial charge in [-0.05, 0) is 48.6 Å². The maximum absolute atomic E-state index is 13.6. The van der Waals surface area contributed by atoms with Crippen molar-refractivity contribution in [1.29, 1.82) is 0 Å². The Morgan fingerprint density at radius 2 is 1.91 bits per heavy atom. The summed E-state index contributed by atoms with van der Waals surface area (Å²) in [4.78, 5) is 27.5. The molecule has 1 spiro atoms. The molecule has 1 aromatic heterocycles. The van der Waals surface area contributed by atoms with Crippen LogP contribution in [0.3, 0.4) is 0 Å². The highest BCUT2D eigenvalue weighted by atomic mass is 35.5. The first-order valence-corrected chi connectivity index (χ1v) is 11.4. The van der Waals surface area contributed by atoms with E-state index in [0.717, 1.165) is 6.07 Å². The first-order chi connectivity index (χ1) is 16.6. The zero-order valence-electron chi connectivity index (χ0n) is 18.3. The van der Waals surface area contributed by atoms with Crippen LogP contribution in [-0.4, -0.2) is 67.5 Å². The van der Waals surface area contributed by atoms with Gasteiger partial charge < -0.3 is 14.9 Å². The molecule has 35 heavy (non-hydrogen) atoms. The summed E-state index contributed by atoms with van der Waals surface area (Å²) in [5.41, 5.74) is -0.665. The average molecular weight is 508 g/mol. The van der Waals surface area contributed by atoms with Gasteiger partial charge in [0, 0.05) is 30.6 Å². The van der Waals surface area contributed by atoms with E-state index in [1.54, 1.807) is 18.2 Å². The molecule has 2 saturated heterocycles. The van der Waals surface area contributed by atoms with Gasteiger partial charge in [0.1, 0.15) is 16.5 Å². The van der Waals surface area contributed by atoms with Gasteiger partial charge in [-0.15, -0.1) is 0 Å². The third kappa shape index (κ3) is 3.97. The lowest BCUT2D eigenvalue weighted by Gasteiger charge is -2.61. The van der Waals surface area contributed by atoms with Crippen molar-refractivity contribution >= 4 is 34.6 Å². The number of aromatic nitrogens is 3. The SMILES string of the molecule is O=C(O)N1CCC2(CN(C(=O)c3ccc4n[nH]nc4c3)C2Cl)C(Cc2ccccc2C(F)(F)F)C1. The van der Waals surface area contributed by atoms with Gasteiger partial charge >= 0.3 is 12.3 Å². The molecule has 2 amide bonds. The maximum Gasteiger partial charge on any atom is 0.416 e. The number of carboxylic acid groups (broad SMARTS) is 1. The summed E-state index contributed by atoms with van der Waals surface area (Å²) in [5, 5.41) is 20.0. The quantitative estimate of drug-likeness (QED) is 0.408. The number of H-pyrrole nitrogens is 1. The highest BCUT2D eigenvalue weighted by molar-refractivity contribution is 6.23. The number of benzene rings is 2. The highest BCUT2D eigenvalue weighted by Crippen LogP contribution is 2.53. The van der Waals surface area contributed by atoms with Crippen LogP contribution in [0.25, 0.3) is 11.0 Å². The lowest BCUT2D eigenvalue weighted by Crippen LogP contribution is -2.70. The Balaban J connectivity index is 1.42. The van der Waals surface area contributed by atoms with Gasteiger partial charge in [-0.3, -0.25) is 4.79 Å². The van der Waals surface area contributed by atoms with E-state index in [-0.39, 0.29) is 37.5 Å². The molecule has 3 aromatic rings. The molecule has 2 aliphatic heterocycles. The Bertz CT molecular complexity index is 1300. The van der Waals surface area contributed by atoms with Crippen molar-refractivity contribution in [3.8, 4) is 0 Å². The number of fused-ring (bicyclic) bond motifs is 1. The predicted octanol–water partition coefficient (Wildman–Crippen LogP) is 4.23. The number of nitrogens with one attached hydrogen (secondary N) is 1. The minimum atomic E-state index is -4.54. The third-order valence-corrected chi connectivity index (χ3v) is 7.87. The number of aromatic amines is 1. The lowest BCUT2D eigenvalue weighted by atomic mass is 9.62. The minimum Gasteiger partial charge on any atom is -0.465 e. The Morgan fingerprint density at radius 3 is 2.63 bits per heavy atom. The van der Waals surface area contributed by atoms with Crippen molar-refractivity contribution in [3.05, 3.63) is 59.2 Å². The van der Waals surface area contributed by atoms with E-state index >= 15 is 0 Å². The molecule has 2 aliphatic rings. The van der Waals surface area contributed by atoms with Crippen LogP contribution in [0.4, 0.5) is 18.0 Å². The van der Waals surface area contributed by atoms with Crippen molar-refractivity contribution in [2.24, 2.45) is 11.3 Å². The second-order valence-electron chi connectivity index (χ2n) is 9.06. The molecule has 0 bridgehead atoms. The van der Waals surface area contributed by atoms with E-state index in [4.69, 9.17) is 11.6 Å². The Hall–Kier alpha value is -3.34. The van der Waals surface area contributed by atoms with Crippen LogP contribution >= 0.6 is 11.6 Å². The second kappa shape index (κ2) is 8.40. The fourth-order valence-electron chi connectivity index (χ4n) is 5.27. The first kappa shape index (κ1) is 23.4. The van der Waals surface area contributed by atoms with Crippen molar-refractivity contribution in [2.45, 2.75) is 24.5 Å². The van der Waals surface area contributed by atoms with Crippen molar-refractivity contribution in [3.63, 3.8) is 0 Å². The van der Waals surface area contributed by atoms with Crippen LogP contribution in [0.1, 0.15) is 27.9 Å². The van der Waals surface area contributed by atoms with Crippen molar-refractivity contribution in [2.75, 3.05) is 19.6 Å². The topological polar surface area (TPSA) is 102 Å². The van der Waals surface area contributed by atoms with Gasteiger partial charge in [-0.25, -0.2) is 4.79 Å². The molecule has 3 unspecified atom stereocenters. The second-order valence-corrected chi connectivity index (χ2v) is 9.48. The van der Waals surface area contributed by atoms with Gasteiger partial charge in [-0.1, -0.05) is 29.8 Å². The first-order valence-electron chi connectivity index (χ1n) is 11.0. The Morgan fingerprint density at radius 1 is 1.17 bits per heavy atom. The Labute approximate surface area is 202 Å². The van der Waals surface area contributed by atoms with Gasteiger partial charge in [0.05, 0.1) is 5.56 Å². The van der Waals surface area contributed by atoms with E-state index in [9.17, 15) is 27.9 Å². The molecule has 2 aromatic carbocycles. The van der Waals surface area contributed by atoms with Crippen LogP contribution in [-0.2, 0) is 12.6 Å². The summed E-state index contributed by atoms with van der Waals surface area (Å²) in [7, 11) is 0. The minimum absolute atomic E-state index is 0.00435. The fourth-order valence-corrected chi connectivity index (χ4v) is 5.79. The number of alkyl halides is 4. The summed E-state index contributed by atoms with van der Waals surface area (Å²) in [6, 6.07) is 10.2. The van der Waals surface area contributed by atoms with Crippen LogP contribution in [0, 0.1) is 11.3 Å². The van der Waals surface area contributed by atoms with E-state index in [1.807, 2.05) is 0 Å². The number of amides is 2. The number of piperidine rings is 1. The number of hydrogen-bond donors (Lipinski definition) is 2. The van der Waals surface area contributed by atoms with E-state index in [1.165, 1.54) is 28.0 Å². The number of carbonyl (C=O) groups is 2. The molecular formula is C23H21ClF3N5O3. The van der Waals surface area contributed by atoms with Crippen LogP contribution in [0.15, 0.2) is 42.5 Å². The highest BCUT2D eigenvalue weighted by Gasteiger charge is 2.60. The smallest absolute Gasteiger partial charge is 0.416 e. The predicted molar refractivity (Wildman–Crippen MR) is 120 cm³/mol. The van der Waals surface area contributed by atoms with Gasteiger partial charge in [0.25, 0.3) is 5.91 Å². The van der Waals surface area contributed by atoms with Gasteiger partial charge in [0.2, 0.25) is 0 Å². The number of nitrogens with zero attached hydrogens (tertiary/aromatic N) is 4. The maximum atomic E-state index is 13.6. The van der Waals surface area contributed by atoms with Gasteiger partial charge in [-0.2, -0.15) is 28.6 Å². The molecule has 5 rings (SSSR count). The molecular weight excluding hydrogens is 487 g/mol. The molecule has 184 valence electrons. The van der Waals surface area contributed by atoms with E-state index in [2.05, 4.69) is 15.4 Å². The molecule has 0 aliphatic carbocycles. The normalized spacial score (nSPS) is 24.6. The van der Waals surface area contributed by atoms with E-state index in [0.29, 0.717) is 23.0 Å². The van der Waals surface area contributed by atoms with Crippen LogP contribution < -0.4 is 0 Å². The molecule has 0 saturated carbocycles. The van der Waals surface area contributed by atoms with Crippen molar-refractivity contribution in [1.82, 2.24) is 25.2 Å². The lowest BCUT2D eigenvalue weighted by molar-refractivity contribution is -0.138. The number of carbonyl (C=O) groups excluding carboxylic acids is 1. The summed E-state index contributed by atoms with van der Waals surface area (Å²) >= 11 is 6.79. The van der Waals surface area contributed by atoms with Crippen molar-refractivity contribution < 1.29 is 27.9 Å². The molecule has 2 N–H and O–H groups in total. The summed E-state index contributed by atoms with van der Waals surface area (Å²) in [6.45, 7) is 0.462. The summed E-state index contributed by atoms with van der Waals surface area (Å²) < 4.78 is 40.9. The largest absolute Gasteiger partial charge is 0.465 e. The van der Waals surface area contributed by atoms with Gasteiger partial charge in [0.15, 0.2) is 0 Å². The monoisotopic (exact) mass is 507 g/mol. The summed E-state index contributed by atoms with van der Waals surface area (Å²) in [5.74, 6) is -0.823. The van der Waals surface area contributed by atoms with Crippen LogP contribution in [0.5, 0.6) is 0 Å². The zero-order chi connectivity index (χ0) is 25.0. The average Bonchev–Trinajstić information content (AvgIpc) is 3.30. The number of hydrogen-bond acceptors (Lipinski definition) is 4. The number of rotatable bonds is 3. The standard InChI is InChI=1S/C23H21ClF3N5O3/c24-20-22(12-32(20)19(33)14-5-6-17-18(10-14)29-30-28-17)7-8-31(21(34)35)11-15(22)9-13-3-1-2-4-16(13)23(25,26)27/h1-6,10,15,20H,7-9,11-12H2,(H,34,35)(H,28,29,30). The molecule has 3 heterocycles. The number of halogens is 4. The Kier molecular flexibility index (Phi) is 5.62. The molecule has 12 heteroatoms. The zero-order valence-corrected chi connectivity index (χ0v) is 19.1. The molecule has 8 nitrogen and oxygen atoms in total. The molecule has 2 fully saturated rings. The van der Waals surface area contributed by atoms with Crippen LogP contribution in [0.2, 0.25) is 0 Å². The van der Waals surface area contributed by atoms with E-state index < -0.39 is 34.7 Å². The summed E-state index contributed by atoms with van der Waals surface area (Å²) in [6.07, 6.45) is -5.33. The molecule has 3 atom stereocenters. The fraction of sp³-hybridized carbons (Fsp3) is 0.391.